The van der Waals surface area contributed by atoms with Gasteiger partial charge in [0, 0.05) is 466 Å². The summed E-state index contributed by atoms with van der Waals surface area (Å²) in [5.74, 6) is 0. The quantitative estimate of drug-likeness (QED) is 0.432. The number of hydrogen-bond donors (Lipinski definition) is 0. The molecule has 0 amide bonds. The summed E-state index contributed by atoms with van der Waals surface area (Å²) < 4.78 is 12.0. The molecule has 0 aromatic carbocycles. The molecule has 1 aliphatic heterocycles. The van der Waals surface area contributed by atoms with Crippen molar-refractivity contribution in [2.75, 3.05) is 0 Å². The monoisotopic (exact) mass is 1880 g/mol. The number of rotatable bonds is 2. The maximum Gasteiger partial charge on any atom is 0.496 e. The molecule has 3 rings (SSSR count). The second kappa shape index (κ2) is 57.1. The second-order valence-electron chi connectivity index (χ2n) is 9.55. The van der Waals surface area contributed by atoms with Gasteiger partial charge in [-0.1, -0.05) is 12.1 Å². The Balaban J connectivity index is 0.000000670. The molecule has 2 aromatic rings. The fourth-order valence-electron chi connectivity index (χ4n) is 2.71. The molecule has 0 unspecified atom stereocenters. The highest BCUT2D eigenvalue weighted by molar-refractivity contribution is 8.82. The number of aromatic nitrogens is 2. The van der Waals surface area contributed by atoms with Gasteiger partial charge in [0.15, 0.2) is 0 Å². The largest absolute Gasteiger partial charge is 0.496 e. The van der Waals surface area contributed by atoms with Gasteiger partial charge in [0.1, 0.15) is 0 Å². The van der Waals surface area contributed by atoms with E-state index >= 15 is 0 Å². The molecular weight excluding hydrogens is 1870 g/mol. The predicted octanol–water partition coefficient (Wildman–Crippen LogP) is 2.32. The third-order valence-corrected chi connectivity index (χ3v) is 110. The first-order chi connectivity index (χ1) is 34.8. The number of nitrogens with zero attached hydrogens (tertiary/aromatic N) is 2. The Morgan fingerprint density at radius 2 is 0.563 bits per heavy atom. The van der Waals surface area contributed by atoms with E-state index in [1.54, 1.807) is 119 Å². The van der Waals surface area contributed by atoms with E-state index in [-0.39, 0.29) is 18.3 Å². The average Bonchev–Trinajstić information content (AvgIpc) is 3.60. The summed E-state index contributed by atoms with van der Waals surface area (Å²) in [5, 5.41) is 0. The smallest absolute Gasteiger partial charge is 0.399 e. The molecule has 0 N–H and O–H groups in total. The van der Waals surface area contributed by atoms with E-state index < -0.39 is 0 Å². The van der Waals surface area contributed by atoms with Gasteiger partial charge in [-0.15, -0.1) is 0 Å². The summed E-state index contributed by atoms with van der Waals surface area (Å²) in [4.78, 5) is 8.76. The van der Waals surface area contributed by atoms with Gasteiger partial charge in [-0.25, -0.2) is 0 Å². The van der Waals surface area contributed by atoms with E-state index in [0.717, 1.165) is 16.9 Å². The van der Waals surface area contributed by atoms with Crippen molar-refractivity contribution < 1.29 is 9.31 Å². The molecular formula is C16H19BN2O2S50. The summed E-state index contributed by atoms with van der Waals surface area (Å²) in [5.41, 5.74) is 1.96. The van der Waals surface area contributed by atoms with E-state index in [1.165, 1.54) is 17.8 Å². The topological polar surface area (TPSA) is 44.2 Å². The van der Waals surface area contributed by atoms with Crippen LogP contribution in [0.4, 0.5) is 0 Å². The molecule has 55 heteroatoms. The van der Waals surface area contributed by atoms with Crippen molar-refractivity contribution in [3.63, 3.8) is 0 Å². The van der Waals surface area contributed by atoms with Gasteiger partial charge >= 0.3 is 7.12 Å². The first-order valence-electron chi connectivity index (χ1n) is 15.3. The Morgan fingerprint density at radius 3 is 0.761 bits per heavy atom. The van der Waals surface area contributed by atoms with Crippen molar-refractivity contribution in [2.45, 2.75) is 38.9 Å². The lowest BCUT2D eigenvalue weighted by Crippen LogP contribution is -2.41. The van der Waals surface area contributed by atoms with Crippen LogP contribution in [-0.2, 0) is 458 Å². The lowest BCUT2D eigenvalue weighted by atomic mass is 9.80. The predicted molar refractivity (Wildman–Crippen MR) is 451 cm³/mol. The number of pyridine rings is 2. The minimum absolute atomic E-state index is 0.336. The highest BCUT2D eigenvalue weighted by atomic mass is 33.5. The molecule has 0 saturated carbocycles. The maximum atomic E-state index is 6.02. The highest BCUT2D eigenvalue weighted by Crippen LogP contribution is 2.36. The van der Waals surface area contributed by atoms with Crippen molar-refractivity contribution in [3.05, 3.63) is 42.7 Å². The van der Waals surface area contributed by atoms with Gasteiger partial charge in [0.2, 0.25) is 0 Å². The van der Waals surface area contributed by atoms with Crippen molar-refractivity contribution in [2.24, 2.45) is 0 Å². The molecule has 1 aliphatic rings. The molecule has 4 nitrogen and oxygen atoms in total. The van der Waals surface area contributed by atoms with E-state index in [2.05, 4.69) is 9.97 Å². The van der Waals surface area contributed by atoms with Gasteiger partial charge in [0.05, 0.1) is 22.6 Å². The lowest BCUT2D eigenvalue weighted by Gasteiger charge is -2.32. The minimum atomic E-state index is -0.375. The molecule has 0 atom stereocenters. The van der Waals surface area contributed by atoms with Crippen molar-refractivity contribution in [1.29, 1.82) is 0 Å². The Hall–Kier alpha value is 9.28. The third kappa shape index (κ3) is 46.2. The van der Waals surface area contributed by atoms with Crippen LogP contribution < -0.4 is 5.46 Å². The summed E-state index contributed by atoms with van der Waals surface area (Å²) in [6, 6.07) is 9.72. The van der Waals surface area contributed by atoms with Crippen molar-refractivity contribution in [1.82, 2.24) is 9.97 Å². The molecule has 0 bridgehead atoms. The van der Waals surface area contributed by atoms with Gasteiger partial charge in [0.25, 0.3) is 0 Å². The Morgan fingerprint density at radius 1 is 0.324 bits per heavy atom. The van der Waals surface area contributed by atoms with Crippen molar-refractivity contribution in [3.8, 4) is 11.4 Å². The molecule has 3 heterocycles. The van der Waals surface area contributed by atoms with E-state index in [1.807, 2.05) is 360 Å². The minimum Gasteiger partial charge on any atom is -0.399 e. The zero-order chi connectivity index (χ0) is 51.0. The highest BCUT2D eigenvalue weighted by Gasteiger charge is 2.51. The van der Waals surface area contributed by atoms with Gasteiger partial charge in [-0.3, -0.25) is 9.97 Å². The summed E-state index contributed by atoms with van der Waals surface area (Å²) in [6.45, 7) is 8.18. The Kier molecular flexibility index (Phi) is 61.4. The van der Waals surface area contributed by atoms with Gasteiger partial charge in [-0.2, -0.15) is 0 Å². The molecule has 2 aromatic heterocycles. The second-order valence-corrected chi connectivity index (χ2v) is 94.5. The average molecular weight is 1890 g/mol. The Labute approximate surface area is 559 Å². The van der Waals surface area contributed by atoms with Gasteiger partial charge in [-0.05, 0) is 45.9 Å². The van der Waals surface area contributed by atoms with Crippen LogP contribution in [0.2, 0.25) is 0 Å². The van der Waals surface area contributed by atoms with Crippen LogP contribution in [0.15, 0.2) is 42.7 Å². The standard InChI is InChI=1S/C16H19BN2O2.S50/c1-15(2)16(3,4)21-17(20-15)12-8-9-14(19-11-12)13-7-5-6-10-18-13;1-3-5-7-9-11-13-15-17-19-21-23-25-27-29-31-33-35-37-39-41-43-45-47-49-50-48-46-44-42-40-38-36-34-32-30-28-26-24-22-20-18-16-14-12-10-8-6-4-2/h5-11H,1-4H3;. The summed E-state index contributed by atoms with van der Waals surface area (Å²) in [7, 11) is 85.3. The molecule has 0 spiro atoms. The zero-order valence-electron chi connectivity index (χ0n) is 33.2. The fraction of sp³-hybridized carbons (Fsp3) is 0.375. The van der Waals surface area contributed by atoms with E-state index in [9.17, 15) is 0 Å². The summed E-state index contributed by atoms with van der Waals surface area (Å²) >= 11 is 9.62. The maximum absolute atomic E-state index is 6.02. The van der Waals surface area contributed by atoms with Crippen molar-refractivity contribution >= 4 is 461 Å². The normalized spacial score (nSPS) is 11.3. The summed E-state index contributed by atoms with van der Waals surface area (Å²) in [6.07, 6.45) is 3.56. The van der Waals surface area contributed by atoms with Crippen LogP contribution in [-0.4, -0.2) is 28.3 Å². The van der Waals surface area contributed by atoms with Crippen LogP contribution in [0.5, 0.6) is 0 Å². The molecule has 1 fully saturated rings. The molecule has 71 heavy (non-hydrogen) atoms. The third-order valence-electron chi connectivity index (χ3n) is 5.54. The lowest BCUT2D eigenvalue weighted by molar-refractivity contribution is 0.00578. The molecule has 1 saturated heterocycles. The Bertz CT molecular complexity index is 4280. The van der Waals surface area contributed by atoms with Gasteiger partial charge < -0.3 is 9.31 Å². The van der Waals surface area contributed by atoms with Crippen LogP contribution >= 0.6 is 0 Å². The number of hydrogen-bond acceptors (Lipinski definition) is 6. The van der Waals surface area contributed by atoms with Crippen LogP contribution in [0.1, 0.15) is 27.7 Å². The van der Waals surface area contributed by atoms with Crippen LogP contribution in [0, 0.1) is 0 Å². The molecule has 0 aliphatic carbocycles. The van der Waals surface area contributed by atoms with E-state index in [0.29, 0.717) is 0 Å². The first-order valence-corrected chi connectivity index (χ1v) is 80.6. The fourth-order valence-corrected chi connectivity index (χ4v) is 129. The first kappa shape index (κ1) is 76.4. The van der Waals surface area contributed by atoms with Crippen LogP contribution in [0.25, 0.3) is 11.4 Å². The SMILES string of the molecule is CC1(C)OB(c2ccc(-c3ccccn3)nc2)OC1(C)C.S=S=S=S=S=S=S=S=S=S=S=S=S=S=S=S=S=S=S=S=S=S=S=S=S=S=S=S=S=S=S=S=S=S=S=S=S=S=S=S=S=S=S=S=S=S=S=S=S=S. The van der Waals surface area contributed by atoms with E-state index in [4.69, 9.17) is 31.7 Å². The zero-order valence-corrected chi connectivity index (χ0v) is 74.1. The molecule has 408 valence electrons. The van der Waals surface area contributed by atoms with Crippen LogP contribution in [0.3, 0.4) is 0 Å². The molecule has 0 radical (unpaired) electrons.